The van der Waals surface area contributed by atoms with Gasteiger partial charge in [-0.25, -0.2) is 0 Å². The van der Waals surface area contributed by atoms with Crippen molar-refractivity contribution in [2.75, 3.05) is 0 Å². The second kappa shape index (κ2) is 8.65. The standard InChI is InChI=1S/2C12H9N.BH2O2/c2*1-3-7-11-9(5-1)10-6-2-4-8-12(10)13-11;2-1-3/h2*1-8,13H;2-3H. The first-order valence-electron chi connectivity index (χ1n) is 9.33. The Morgan fingerprint density at radius 3 is 0.862 bits per heavy atom. The van der Waals surface area contributed by atoms with Crippen LogP contribution in [0.3, 0.4) is 0 Å². The number of fused-ring (bicyclic) bond motifs is 6. The first-order chi connectivity index (χ1) is 14.3. The lowest BCUT2D eigenvalue weighted by molar-refractivity contribution is 0.448. The molecule has 4 nitrogen and oxygen atoms in total. The fraction of sp³-hybridized carbons (Fsp3) is 0. The maximum Gasteiger partial charge on any atom is 0.482 e. The first-order valence-corrected chi connectivity index (χ1v) is 9.33. The lowest BCUT2D eigenvalue weighted by Crippen LogP contribution is -1.75. The third kappa shape index (κ3) is 3.87. The SMILES string of the molecule is O[B]O.c1ccc2c(c1)[nH]c1ccccc12.c1ccc2c(c1)[nH]c1ccccc12. The molecule has 0 amide bonds. The van der Waals surface area contributed by atoms with Crippen LogP contribution in [0.5, 0.6) is 0 Å². The predicted octanol–water partition coefficient (Wildman–Crippen LogP) is 5.15. The topological polar surface area (TPSA) is 72.0 Å². The molecule has 0 atom stereocenters. The van der Waals surface area contributed by atoms with Crippen molar-refractivity contribution in [3.63, 3.8) is 0 Å². The fourth-order valence-corrected chi connectivity index (χ4v) is 3.60. The van der Waals surface area contributed by atoms with Crippen LogP contribution < -0.4 is 0 Å². The predicted molar refractivity (Wildman–Crippen MR) is 122 cm³/mol. The number of H-pyrrole nitrogens is 2. The fourth-order valence-electron chi connectivity index (χ4n) is 3.60. The van der Waals surface area contributed by atoms with E-state index in [0.717, 1.165) is 0 Å². The maximum absolute atomic E-state index is 7.00. The van der Waals surface area contributed by atoms with Crippen LogP contribution >= 0.6 is 0 Å². The smallest absolute Gasteiger partial charge is 0.429 e. The third-order valence-electron chi connectivity index (χ3n) is 4.83. The average molecular weight is 379 g/mol. The van der Waals surface area contributed by atoms with Gasteiger partial charge in [-0.1, -0.05) is 72.8 Å². The summed E-state index contributed by atoms with van der Waals surface area (Å²) in [4.78, 5) is 6.76. The van der Waals surface area contributed by atoms with Crippen LogP contribution in [0.4, 0.5) is 0 Å². The van der Waals surface area contributed by atoms with E-state index in [1.54, 1.807) is 0 Å². The number of aromatic amines is 2. The molecule has 29 heavy (non-hydrogen) atoms. The second-order valence-corrected chi connectivity index (χ2v) is 6.55. The number of hydrogen-bond acceptors (Lipinski definition) is 2. The van der Waals surface area contributed by atoms with Crippen molar-refractivity contribution in [2.24, 2.45) is 0 Å². The molecular weight excluding hydrogens is 359 g/mol. The molecular formula is C24H20BN2O2. The lowest BCUT2D eigenvalue weighted by atomic mass is 10.2. The average Bonchev–Trinajstić information content (AvgIpc) is 3.33. The van der Waals surface area contributed by atoms with E-state index in [1.807, 2.05) is 0 Å². The van der Waals surface area contributed by atoms with E-state index < -0.39 is 0 Å². The molecule has 6 aromatic rings. The highest BCUT2D eigenvalue weighted by molar-refractivity contribution is 6.13. The van der Waals surface area contributed by atoms with E-state index in [9.17, 15) is 0 Å². The van der Waals surface area contributed by atoms with Crippen LogP contribution in [-0.4, -0.2) is 27.7 Å². The largest absolute Gasteiger partial charge is 0.482 e. The third-order valence-corrected chi connectivity index (χ3v) is 4.83. The zero-order chi connectivity index (χ0) is 20.1. The summed E-state index contributed by atoms with van der Waals surface area (Å²) in [5.74, 6) is 0. The number of para-hydroxylation sites is 4. The van der Waals surface area contributed by atoms with Crippen LogP contribution in [0.1, 0.15) is 0 Å². The molecule has 5 heteroatoms. The van der Waals surface area contributed by atoms with Gasteiger partial charge in [0.25, 0.3) is 0 Å². The highest BCUT2D eigenvalue weighted by Crippen LogP contribution is 2.25. The van der Waals surface area contributed by atoms with Crippen molar-refractivity contribution in [3.8, 4) is 0 Å². The summed E-state index contributed by atoms with van der Waals surface area (Å²) < 4.78 is 0. The Hall–Kier alpha value is -3.54. The molecule has 0 aliphatic rings. The van der Waals surface area contributed by atoms with E-state index in [-0.39, 0.29) is 7.69 Å². The van der Waals surface area contributed by atoms with Gasteiger partial charge >= 0.3 is 7.69 Å². The Bertz CT molecular complexity index is 1160. The van der Waals surface area contributed by atoms with Gasteiger partial charge in [0, 0.05) is 43.6 Å². The summed E-state index contributed by atoms with van der Waals surface area (Å²) in [6.45, 7) is 0. The molecule has 0 spiro atoms. The van der Waals surface area contributed by atoms with E-state index in [0.29, 0.717) is 0 Å². The number of aromatic nitrogens is 2. The molecule has 0 fully saturated rings. The second-order valence-electron chi connectivity index (χ2n) is 6.55. The molecule has 4 aromatic carbocycles. The van der Waals surface area contributed by atoms with Gasteiger partial charge in [-0.3, -0.25) is 0 Å². The summed E-state index contributed by atoms with van der Waals surface area (Å²) in [7, 11) is 0. The minimum atomic E-state index is 0. The van der Waals surface area contributed by atoms with Gasteiger partial charge < -0.3 is 20.0 Å². The van der Waals surface area contributed by atoms with Gasteiger partial charge in [0.2, 0.25) is 0 Å². The maximum atomic E-state index is 7.00. The molecule has 6 rings (SSSR count). The minimum Gasteiger partial charge on any atom is -0.429 e. The van der Waals surface area contributed by atoms with Crippen LogP contribution in [0.15, 0.2) is 97.1 Å². The van der Waals surface area contributed by atoms with Crippen molar-refractivity contribution < 1.29 is 10.0 Å². The molecule has 0 bridgehead atoms. The van der Waals surface area contributed by atoms with E-state index in [2.05, 4.69) is 107 Å². The number of nitrogens with one attached hydrogen (secondary N) is 2. The van der Waals surface area contributed by atoms with Gasteiger partial charge in [0.15, 0.2) is 0 Å². The van der Waals surface area contributed by atoms with Gasteiger partial charge in [-0.15, -0.1) is 0 Å². The quantitative estimate of drug-likeness (QED) is 0.276. The molecule has 0 aliphatic carbocycles. The summed E-state index contributed by atoms with van der Waals surface area (Å²) in [6, 6.07) is 33.5. The molecule has 1 radical (unpaired) electrons. The zero-order valence-electron chi connectivity index (χ0n) is 15.7. The van der Waals surface area contributed by atoms with Gasteiger partial charge in [-0.2, -0.15) is 0 Å². The van der Waals surface area contributed by atoms with Gasteiger partial charge in [-0.05, 0) is 24.3 Å². The first kappa shape index (κ1) is 18.8. The monoisotopic (exact) mass is 379 g/mol. The molecule has 0 saturated heterocycles. The normalized spacial score (nSPS) is 10.4. The van der Waals surface area contributed by atoms with Crippen LogP contribution in [0, 0.1) is 0 Å². The molecule has 141 valence electrons. The molecule has 4 N–H and O–H groups in total. The summed E-state index contributed by atoms with van der Waals surface area (Å²) >= 11 is 0. The highest BCUT2D eigenvalue weighted by atomic mass is 16.4. The Balaban J connectivity index is 0.000000125. The Morgan fingerprint density at radius 1 is 0.414 bits per heavy atom. The molecule has 2 aromatic heterocycles. The van der Waals surface area contributed by atoms with Crippen molar-refractivity contribution in [1.82, 2.24) is 9.97 Å². The van der Waals surface area contributed by atoms with Crippen LogP contribution in [0.2, 0.25) is 0 Å². The van der Waals surface area contributed by atoms with Gasteiger partial charge in [0.1, 0.15) is 0 Å². The Morgan fingerprint density at radius 2 is 0.621 bits per heavy atom. The van der Waals surface area contributed by atoms with Crippen molar-refractivity contribution in [3.05, 3.63) is 97.1 Å². The van der Waals surface area contributed by atoms with Crippen LogP contribution in [0.25, 0.3) is 43.6 Å². The van der Waals surface area contributed by atoms with E-state index in [4.69, 9.17) is 10.0 Å². The van der Waals surface area contributed by atoms with E-state index >= 15 is 0 Å². The number of rotatable bonds is 0. The van der Waals surface area contributed by atoms with Crippen LogP contribution in [-0.2, 0) is 0 Å². The number of benzene rings is 4. The number of hydrogen-bond donors (Lipinski definition) is 4. The van der Waals surface area contributed by atoms with E-state index in [1.165, 1.54) is 43.6 Å². The Labute approximate surface area is 168 Å². The Kier molecular flexibility index (Phi) is 5.61. The van der Waals surface area contributed by atoms with Crippen molar-refractivity contribution in [1.29, 1.82) is 0 Å². The molecule has 2 heterocycles. The molecule has 0 saturated carbocycles. The van der Waals surface area contributed by atoms with Crippen molar-refractivity contribution in [2.45, 2.75) is 0 Å². The zero-order valence-corrected chi connectivity index (χ0v) is 15.7. The summed E-state index contributed by atoms with van der Waals surface area (Å²) in [5.41, 5.74) is 4.85. The minimum absolute atomic E-state index is 0. The molecule has 0 unspecified atom stereocenters. The van der Waals surface area contributed by atoms with Crippen molar-refractivity contribution >= 4 is 51.3 Å². The lowest BCUT2D eigenvalue weighted by Gasteiger charge is -1.87. The summed E-state index contributed by atoms with van der Waals surface area (Å²) in [6.07, 6.45) is 0. The highest BCUT2D eigenvalue weighted by Gasteiger charge is 2.01. The summed E-state index contributed by atoms with van der Waals surface area (Å²) in [5, 5.41) is 19.2. The van der Waals surface area contributed by atoms with Gasteiger partial charge in [0.05, 0.1) is 0 Å². The molecule has 0 aliphatic heterocycles.